The van der Waals surface area contributed by atoms with Crippen LogP contribution in [0.3, 0.4) is 0 Å². The van der Waals surface area contributed by atoms with E-state index >= 15 is 0 Å². The van der Waals surface area contributed by atoms with Crippen LogP contribution in [-0.4, -0.2) is 4.98 Å². The lowest BCUT2D eigenvalue weighted by Crippen LogP contribution is -1.96. The van der Waals surface area contributed by atoms with E-state index in [0.717, 1.165) is 32.1 Å². The highest BCUT2D eigenvalue weighted by Gasteiger charge is 2.10. The van der Waals surface area contributed by atoms with Crippen molar-refractivity contribution in [1.82, 2.24) is 4.98 Å². The number of ether oxygens (including phenoxy) is 1. The quantitative estimate of drug-likeness (QED) is 0.410. The van der Waals surface area contributed by atoms with E-state index in [4.69, 9.17) is 4.74 Å². The van der Waals surface area contributed by atoms with Crippen molar-refractivity contribution in [2.24, 2.45) is 0 Å². The Kier molecular flexibility index (Phi) is 4.95. The van der Waals surface area contributed by atoms with Gasteiger partial charge in [0.05, 0.1) is 15.8 Å². The third kappa shape index (κ3) is 3.89. The molecule has 0 amide bonds. The number of benzene rings is 3. The van der Waals surface area contributed by atoms with Crippen molar-refractivity contribution in [2.75, 3.05) is 0 Å². The van der Waals surface area contributed by atoms with Gasteiger partial charge in [0.2, 0.25) is 0 Å². The molecule has 0 N–H and O–H groups in total. The predicted octanol–water partition coefficient (Wildman–Crippen LogP) is 5.94. The number of fused-ring (bicyclic) bond motifs is 1. The lowest BCUT2D eigenvalue weighted by Gasteiger charge is -2.09. The Hall–Kier alpha value is -3.42. The summed E-state index contributed by atoms with van der Waals surface area (Å²) in [6.07, 6.45) is 1.85. The zero-order valence-electron chi connectivity index (χ0n) is 14.5. The molecule has 0 unspecified atom stereocenters. The summed E-state index contributed by atoms with van der Waals surface area (Å²) in [5.74, 6) is 0.746. The molecule has 3 aromatic carbocycles. The van der Waals surface area contributed by atoms with Crippen molar-refractivity contribution in [1.29, 1.82) is 5.26 Å². The van der Waals surface area contributed by atoms with Gasteiger partial charge in [0.25, 0.3) is 0 Å². The van der Waals surface area contributed by atoms with Gasteiger partial charge in [-0.05, 0) is 29.8 Å². The minimum absolute atomic E-state index is 0.481. The Labute approximate surface area is 161 Å². The number of rotatable bonds is 5. The first kappa shape index (κ1) is 17.0. The van der Waals surface area contributed by atoms with Crippen LogP contribution >= 0.6 is 11.3 Å². The molecule has 4 rings (SSSR count). The van der Waals surface area contributed by atoms with E-state index in [0.29, 0.717) is 12.2 Å². The van der Waals surface area contributed by atoms with Crippen molar-refractivity contribution >= 4 is 33.2 Å². The van der Waals surface area contributed by atoms with E-state index < -0.39 is 0 Å². The Morgan fingerprint density at radius 3 is 2.52 bits per heavy atom. The molecule has 0 spiro atoms. The Bertz CT molecular complexity index is 1110. The monoisotopic (exact) mass is 368 g/mol. The summed E-state index contributed by atoms with van der Waals surface area (Å²) in [6, 6.07) is 28.0. The average molecular weight is 368 g/mol. The van der Waals surface area contributed by atoms with Crippen molar-refractivity contribution in [3.63, 3.8) is 0 Å². The molecule has 0 atom stereocenters. The molecule has 4 heteroatoms. The average Bonchev–Trinajstić information content (AvgIpc) is 3.16. The van der Waals surface area contributed by atoms with Crippen LogP contribution in [0.4, 0.5) is 0 Å². The van der Waals surface area contributed by atoms with Gasteiger partial charge in [-0.25, -0.2) is 4.98 Å². The first-order valence-electron chi connectivity index (χ1n) is 8.57. The molecule has 1 aromatic heterocycles. The minimum atomic E-state index is 0.481. The molecule has 1 heterocycles. The van der Waals surface area contributed by atoms with Gasteiger partial charge in [-0.15, -0.1) is 11.3 Å². The maximum Gasteiger partial charge on any atom is 0.135 e. The highest BCUT2D eigenvalue weighted by atomic mass is 32.1. The van der Waals surface area contributed by atoms with Crippen LogP contribution in [0.15, 0.2) is 78.9 Å². The number of para-hydroxylation sites is 2. The van der Waals surface area contributed by atoms with Gasteiger partial charge in [-0.3, -0.25) is 0 Å². The third-order valence-corrected chi connectivity index (χ3v) is 5.17. The van der Waals surface area contributed by atoms with Gasteiger partial charge >= 0.3 is 0 Å². The molecular weight excluding hydrogens is 352 g/mol. The summed E-state index contributed by atoms with van der Waals surface area (Å²) in [4.78, 5) is 4.59. The molecule has 0 saturated carbocycles. The molecule has 4 aromatic rings. The van der Waals surface area contributed by atoms with E-state index in [-0.39, 0.29) is 0 Å². The first-order chi connectivity index (χ1) is 13.3. The van der Waals surface area contributed by atoms with Crippen LogP contribution in [0.2, 0.25) is 0 Å². The lowest BCUT2D eigenvalue weighted by atomic mass is 10.1. The predicted molar refractivity (Wildman–Crippen MR) is 110 cm³/mol. The second kappa shape index (κ2) is 7.86. The molecule has 0 aliphatic heterocycles. The Morgan fingerprint density at radius 1 is 0.963 bits per heavy atom. The summed E-state index contributed by atoms with van der Waals surface area (Å²) in [7, 11) is 0. The van der Waals surface area contributed by atoms with Crippen molar-refractivity contribution in [3.8, 4) is 11.8 Å². The van der Waals surface area contributed by atoms with Crippen molar-refractivity contribution < 1.29 is 4.74 Å². The van der Waals surface area contributed by atoms with Crippen LogP contribution < -0.4 is 4.74 Å². The van der Waals surface area contributed by atoms with Crippen LogP contribution in [0.25, 0.3) is 21.9 Å². The standard InChI is InChI=1S/C23H16N2OS/c24-15-19(23-25-20-11-5-7-13-22(20)27-23)14-18-10-4-6-12-21(18)26-16-17-8-2-1-3-9-17/h1-14H,16H2/b19-14+. The van der Waals surface area contributed by atoms with Gasteiger partial charge in [-0.1, -0.05) is 60.7 Å². The number of nitrogens with zero attached hydrogens (tertiary/aromatic N) is 2. The van der Waals surface area contributed by atoms with Crippen molar-refractivity contribution in [2.45, 2.75) is 6.61 Å². The number of allylic oxidation sites excluding steroid dienone is 1. The molecule has 27 heavy (non-hydrogen) atoms. The zero-order valence-corrected chi connectivity index (χ0v) is 15.3. The first-order valence-corrected chi connectivity index (χ1v) is 9.38. The molecule has 0 saturated heterocycles. The lowest BCUT2D eigenvalue weighted by molar-refractivity contribution is 0.305. The smallest absolute Gasteiger partial charge is 0.135 e. The van der Waals surface area contributed by atoms with Gasteiger partial charge in [-0.2, -0.15) is 5.26 Å². The Balaban J connectivity index is 1.64. The van der Waals surface area contributed by atoms with Crippen LogP contribution in [0.5, 0.6) is 5.75 Å². The molecule has 130 valence electrons. The van der Waals surface area contributed by atoms with Crippen LogP contribution in [0, 0.1) is 11.3 Å². The van der Waals surface area contributed by atoms with E-state index in [1.807, 2.05) is 84.9 Å². The van der Waals surface area contributed by atoms with Crippen LogP contribution in [-0.2, 0) is 6.61 Å². The molecule has 0 radical (unpaired) electrons. The van der Waals surface area contributed by atoms with Crippen LogP contribution in [0.1, 0.15) is 16.1 Å². The van der Waals surface area contributed by atoms with E-state index in [1.165, 1.54) is 11.3 Å². The van der Waals surface area contributed by atoms with Gasteiger partial charge < -0.3 is 4.74 Å². The largest absolute Gasteiger partial charge is 0.488 e. The molecule has 0 aliphatic rings. The van der Waals surface area contributed by atoms with E-state index in [1.54, 1.807) is 0 Å². The molecule has 0 aliphatic carbocycles. The van der Waals surface area contributed by atoms with E-state index in [9.17, 15) is 5.26 Å². The number of hydrogen-bond acceptors (Lipinski definition) is 4. The fourth-order valence-electron chi connectivity index (χ4n) is 2.75. The summed E-state index contributed by atoms with van der Waals surface area (Å²) in [6.45, 7) is 0.481. The summed E-state index contributed by atoms with van der Waals surface area (Å²) in [5.41, 5.74) is 3.41. The molecule has 0 bridgehead atoms. The highest BCUT2D eigenvalue weighted by molar-refractivity contribution is 7.19. The van der Waals surface area contributed by atoms with Crippen molar-refractivity contribution in [3.05, 3.63) is 95.0 Å². The molecule has 0 fully saturated rings. The second-order valence-corrected chi connectivity index (χ2v) is 7.00. The number of aromatic nitrogens is 1. The molecule has 3 nitrogen and oxygen atoms in total. The summed E-state index contributed by atoms with van der Waals surface area (Å²) >= 11 is 1.52. The minimum Gasteiger partial charge on any atom is -0.488 e. The number of nitriles is 1. The van der Waals surface area contributed by atoms with E-state index in [2.05, 4.69) is 11.1 Å². The van der Waals surface area contributed by atoms with Gasteiger partial charge in [0, 0.05) is 5.56 Å². The maximum absolute atomic E-state index is 9.67. The Morgan fingerprint density at radius 2 is 1.70 bits per heavy atom. The zero-order chi connectivity index (χ0) is 18.5. The van der Waals surface area contributed by atoms with Gasteiger partial charge in [0.1, 0.15) is 23.4 Å². The van der Waals surface area contributed by atoms with Gasteiger partial charge in [0.15, 0.2) is 0 Å². The fraction of sp³-hybridized carbons (Fsp3) is 0.0435. The molecular formula is C23H16N2OS. The topological polar surface area (TPSA) is 45.9 Å². The highest BCUT2D eigenvalue weighted by Crippen LogP contribution is 2.30. The normalized spacial score (nSPS) is 11.3. The summed E-state index contributed by atoms with van der Waals surface area (Å²) in [5, 5.41) is 10.4. The maximum atomic E-state index is 9.67. The SMILES string of the molecule is N#C/C(=C\c1ccccc1OCc1ccccc1)c1nc2ccccc2s1. The fourth-order valence-corrected chi connectivity index (χ4v) is 3.68. The third-order valence-electron chi connectivity index (χ3n) is 4.10. The summed E-state index contributed by atoms with van der Waals surface area (Å²) < 4.78 is 7.06. The number of thiazole rings is 1. The second-order valence-electron chi connectivity index (χ2n) is 5.97. The number of hydrogen-bond donors (Lipinski definition) is 0.